The molecule has 0 bridgehead atoms. The maximum absolute atomic E-state index is 14.3. The average Bonchev–Trinajstić information content (AvgIpc) is 3.62. The molecular formula is C49H38N4O3S2. The zero-order valence-electron chi connectivity index (χ0n) is 31.4. The van der Waals surface area contributed by atoms with E-state index < -0.39 is 17.1 Å². The number of thiophene rings is 1. The number of carbonyl (C=O) groups is 3. The lowest BCUT2D eigenvalue weighted by atomic mass is 9.83. The van der Waals surface area contributed by atoms with Gasteiger partial charge in [-0.15, -0.1) is 23.1 Å². The van der Waals surface area contributed by atoms with Gasteiger partial charge in [0.2, 0.25) is 5.91 Å². The van der Waals surface area contributed by atoms with Gasteiger partial charge < -0.3 is 16.0 Å². The highest BCUT2D eigenvalue weighted by Gasteiger charge is 2.29. The largest absolute Gasteiger partial charge is 0.321 e. The first-order valence-electron chi connectivity index (χ1n) is 19.0. The Kier molecular flexibility index (Phi) is 11.6. The Bertz CT molecular complexity index is 2680. The second kappa shape index (κ2) is 17.6. The molecule has 3 amide bonds. The lowest BCUT2D eigenvalue weighted by molar-refractivity contribution is -0.116. The average molecular weight is 795 g/mol. The number of nitrogens with one attached hydrogen (secondary N) is 3. The molecule has 1 aliphatic rings. The minimum absolute atomic E-state index is 0.0758. The predicted molar refractivity (Wildman–Crippen MR) is 235 cm³/mol. The van der Waals surface area contributed by atoms with Crippen LogP contribution in [0.25, 0.3) is 16.8 Å². The second-order valence-electron chi connectivity index (χ2n) is 14.0. The van der Waals surface area contributed by atoms with Crippen LogP contribution in [0.2, 0.25) is 0 Å². The van der Waals surface area contributed by atoms with Crippen molar-refractivity contribution in [2.75, 3.05) is 10.6 Å². The SMILES string of the molecule is N#Cc1c(NC(=O)C(Sc2cccc(NC(=O)/C(=C\c3cccc4ccccc34)NC(=O)c3ccccc3)c2)c2ccccc2)sc2c1CCC(c1ccccc1)C2. The van der Waals surface area contributed by atoms with Gasteiger partial charge in [-0.25, -0.2) is 0 Å². The molecule has 1 heterocycles. The van der Waals surface area contributed by atoms with E-state index in [1.165, 1.54) is 28.7 Å². The number of amides is 3. The Hall–Kier alpha value is -6.73. The first kappa shape index (κ1) is 38.2. The van der Waals surface area contributed by atoms with Crippen molar-refractivity contribution in [2.24, 2.45) is 0 Å². The van der Waals surface area contributed by atoms with Crippen molar-refractivity contribution in [3.63, 3.8) is 0 Å². The highest BCUT2D eigenvalue weighted by Crippen LogP contribution is 2.44. The van der Waals surface area contributed by atoms with Crippen LogP contribution in [0.3, 0.4) is 0 Å². The van der Waals surface area contributed by atoms with Gasteiger partial charge in [0.25, 0.3) is 11.8 Å². The zero-order chi connectivity index (χ0) is 39.8. The summed E-state index contributed by atoms with van der Waals surface area (Å²) < 4.78 is 0. The molecule has 0 saturated carbocycles. The summed E-state index contributed by atoms with van der Waals surface area (Å²) >= 11 is 2.85. The van der Waals surface area contributed by atoms with E-state index in [0.717, 1.165) is 56.5 Å². The summed E-state index contributed by atoms with van der Waals surface area (Å²) in [5.74, 6) is -0.792. The number of hydrogen-bond acceptors (Lipinski definition) is 6. The van der Waals surface area contributed by atoms with Crippen LogP contribution in [-0.4, -0.2) is 17.7 Å². The van der Waals surface area contributed by atoms with Crippen molar-refractivity contribution in [3.05, 3.63) is 202 Å². The number of nitriles is 1. The first-order valence-corrected chi connectivity index (χ1v) is 20.7. The molecule has 7 aromatic rings. The van der Waals surface area contributed by atoms with E-state index in [9.17, 15) is 19.6 Å². The van der Waals surface area contributed by atoms with Gasteiger partial charge in [-0.3, -0.25) is 14.4 Å². The molecule has 2 unspecified atom stereocenters. The molecule has 8 rings (SSSR count). The van der Waals surface area contributed by atoms with Crippen LogP contribution in [0.15, 0.2) is 168 Å². The van der Waals surface area contributed by atoms with E-state index in [0.29, 0.717) is 27.7 Å². The summed E-state index contributed by atoms with van der Waals surface area (Å²) in [6.07, 6.45) is 4.25. The number of nitrogens with zero attached hydrogens (tertiary/aromatic N) is 1. The lowest BCUT2D eigenvalue weighted by Gasteiger charge is -2.22. The molecule has 0 spiro atoms. The van der Waals surface area contributed by atoms with Crippen molar-refractivity contribution in [2.45, 2.75) is 35.3 Å². The highest BCUT2D eigenvalue weighted by molar-refractivity contribution is 8.00. The summed E-state index contributed by atoms with van der Waals surface area (Å²) in [5, 5.41) is 21.1. The van der Waals surface area contributed by atoms with Crippen molar-refractivity contribution < 1.29 is 14.4 Å². The van der Waals surface area contributed by atoms with E-state index in [4.69, 9.17) is 0 Å². The molecule has 0 radical (unpaired) electrons. The van der Waals surface area contributed by atoms with Gasteiger partial charge in [0.15, 0.2) is 0 Å². The molecule has 58 heavy (non-hydrogen) atoms. The number of hydrogen-bond donors (Lipinski definition) is 3. The van der Waals surface area contributed by atoms with Crippen LogP contribution in [0, 0.1) is 11.3 Å². The molecule has 6 aromatic carbocycles. The fraction of sp³-hybridized carbons (Fsp3) is 0.102. The lowest BCUT2D eigenvalue weighted by Crippen LogP contribution is -2.30. The van der Waals surface area contributed by atoms with E-state index in [1.54, 1.807) is 36.4 Å². The van der Waals surface area contributed by atoms with Crippen LogP contribution in [0.4, 0.5) is 10.7 Å². The molecule has 0 fully saturated rings. The molecular weight excluding hydrogens is 757 g/mol. The van der Waals surface area contributed by atoms with Crippen LogP contribution >= 0.6 is 23.1 Å². The molecule has 284 valence electrons. The molecule has 0 saturated heterocycles. The summed E-state index contributed by atoms with van der Waals surface area (Å²) in [6.45, 7) is 0. The van der Waals surface area contributed by atoms with Gasteiger partial charge in [-0.05, 0) is 94.6 Å². The van der Waals surface area contributed by atoms with Gasteiger partial charge in [0.1, 0.15) is 22.0 Å². The van der Waals surface area contributed by atoms with E-state index in [2.05, 4.69) is 46.3 Å². The van der Waals surface area contributed by atoms with Gasteiger partial charge in [-0.2, -0.15) is 5.26 Å². The van der Waals surface area contributed by atoms with Gasteiger partial charge >= 0.3 is 0 Å². The Morgan fingerprint density at radius 3 is 2.24 bits per heavy atom. The smallest absolute Gasteiger partial charge is 0.272 e. The molecule has 1 aromatic heterocycles. The van der Waals surface area contributed by atoms with Crippen molar-refractivity contribution in [3.8, 4) is 6.07 Å². The number of anilines is 2. The quantitative estimate of drug-likeness (QED) is 0.0892. The van der Waals surface area contributed by atoms with Gasteiger partial charge in [0.05, 0.1) is 5.56 Å². The zero-order valence-corrected chi connectivity index (χ0v) is 33.0. The Balaban J connectivity index is 1.04. The third kappa shape index (κ3) is 8.64. The maximum atomic E-state index is 14.3. The number of carbonyl (C=O) groups excluding carboxylic acids is 3. The molecule has 2 atom stereocenters. The molecule has 7 nitrogen and oxygen atoms in total. The predicted octanol–water partition coefficient (Wildman–Crippen LogP) is 10.9. The monoisotopic (exact) mass is 794 g/mol. The number of rotatable bonds is 11. The highest BCUT2D eigenvalue weighted by atomic mass is 32.2. The number of thioether (sulfide) groups is 1. The summed E-state index contributed by atoms with van der Waals surface area (Å²) in [5.41, 5.74) is 5.44. The summed E-state index contributed by atoms with van der Waals surface area (Å²) in [7, 11) is 0. The minimum atomic E-state index is -0.665. The van der Waals surface area contributed by atoms with Crippen molar-refractivity contribution in [1.82, 2.24) is 5.32 Å². The molecule has 3 N–H and O–H groups in total. The van der Waals surface area contributed by atoms with Gasteiger partial charge in [0, 0.05) is 21.0 Å². The van der Waals surface area contributed by atoms with Crippen LogP contribution in [-0.2, 0) is 22.4 Å². The van der Waals surface area contributed by atoms with E-state index in [1.807, 2.05) is 103 Å². The Labute approximate surface area is 345 Å². The van der Waals surface area contributed by atoms with Crippen LogP contribution < -0.4 is 16.0 Å². The third-order valence-electron chi connectivity index (χ3n) is 10.2. The van der Waals surface area contributed by atoms with E-state index in [-0.39, 0.29) is 11.6 Å². The maximum Gasteiger partial charge on any atom is 0.272 e. The molecule has 1 aliphatic carbocycles. The van der Waals surface area contributed by atoms with E-state index >= 15 is 0 Å². The fourth-order valence-electron chi connectivity index (χ4n) is 7.34. The van der Waals surface area contributed by atoms with Crippen molar-refractivity contribution >= 4 is 68.4 Å². The second-order valence-corrected chi connectivity index (χ2v) is 16.3. The summed E-state index contributed by atoms with van der Waals surface area (Å²) in [4.78, 5) is 43.6. The minimum Gasteiger partial charge on any atom is -0.321 e. The standard InChI is InChI=1S/C49H38N4O3S2/c50-31-42-41-27-26-36(32-14-4-1-5-15-32)29-44(41)58-49(42)53-48(56)45(34-17-6-2-7-18-34)57-39-24-13-23-38(30-39)51-47(55)43(52-46(54)35-19-8-3-9-20-35)28-37-22-12-21-33-16-10-11-25-40(33)37/h1-25,28,30,36,45H,26-27,29H2,(H,51,55)(H,52,54)(H,53,56)/b43-28+. The first-order chi connectivity index (χ1) is 28.4. The Morgan fingerprint density at radius 2 is 1.47 bits per heavy atom. The Morgan fingerprint density at radius 1 is 0.776 bits per heavy atom. The fourth-order valence-corrected chi connectivity index (χ4v) is 9.70. The number of fused-ring (bicyclic) bond motifs is 2. The number of benzene rings is 6. The van der Waals surface area contributed by atoms with Crippen LogP contribution in [0.1, 0.15) is 60.6 Å². The van der Waals surface area contributed by atoms with Crippen LogP contribution in [0.5, 0.6) is 0 Å². The van der Waals surface area contributed by atoms with Gasteiger partial charge in [-0.1, -0.05) is 127 Å². The molecule has 0 aliphatic heterocycles. The molecule has 9 heteroatoms. The topological polar surface area (TPSA) is 111 Å². The van der Waals surface area contributed by atoms with Crippen molar-refractivity contribution in [1.29, 1.82) is 5.26 Å². The third-order valence-corrected chi connectivity index (χ3v) is 12.6. The summed E-state index contributed by atoms with van der Waals surface area (Å²) in [6, 6.07) is 52.1. The normalized spacial score (nSPS) is 14.1.